The normalized spacial score (nSPS) is 22.2. The second kappa shape index (κ2) is 14.5. The number of alkyl carbamates (subject to hydrolysis) is 1. The number of Topliss-reactive ketones (excluding diaryl/α,β-unsaturated/α-hetero) is 1. The number of carbonyl (C=O) groups is 6. The first kappa shape index (κ1) is 37.8. The molecule has 270 valence electrons. The SMILES string of the molecule is COCC(NC(=O)C1C2C(CN1C(=O)C(NC(=O)OC(C)(C)C)C1Cc3ccccc3C1)C2(C)C)C(=O)C(=O)NCCC(=O)OC(C)(C)C. The number of esters is 1. The number of likely N-dealkylation sites (tertiary alicyclic amines) is 1. The van der Waals surface area contributed by atoms with Crippen LogP contribution in [-0.4, -0.2) is 96.6 Å². The number of ketones is 1. The van der Waals surface area contributed by atoms with Gasteiger partial charge < -0.3 is 35.1 Å². The molecular formula is C36H52N4O9. The van der Waals surface area contributed by atoms with Crippen molar-refractivity contribution in [2.24, 2.45) is 23.2 Å². The van der Waals surface area contributed by atoms with Crippen LogP contribution in [0.5, 0.6) is 0 Å². The van der Waals surface area contributed by atoms with Crippen molar-refractivity contribution >= 4 is 35.6 Å². The standard InChI is InChI=1S/C36H52N4O9/c1-34(2,3)48-25(41)14-15-37-31(44)29(42)24(19-47-9)38-30(43)28-26-23(36(26,7)8)18-40(28)32(45)27(39-33(46)49-35(4,5)6)22-16-20-12-10-11-13-21(20)17-22/h10-13,22-24,26-28H,14-19H2,1-9H3,(H,37,44)(H,38,43)(H,39,46). The molecule has 5 atom stereocenters. The van der Waals surface area contributed by atoms with Gasteiger partial charge in [-0.2, -0.15) is 0 Å². The van der Waals surface area contributed by atoms with E-state index >= 15 is 0 Å². The van der Waals surface area contributed by atoms with E-state index in [0.29, 0.717) is 19.4 Å². The summed E-state index contributed by atoms with van der Waals surface area (Å²) in [5.74, 6) is -3.89. The molecule has 5 unspecified atom stereocenters. The van der Waals surface area contributed by atoms with Crippen LogP contribution in [0.2, 0.25) is 0 Å². The summed E-state index contributed by atoms with van der Waals surface area (Å²) in [6, 6.07) is 4.65. The fraction of sp³-hybridized carbons (Fsp3) is 0.667. The van der Waals surface area contributed by atoms with Crippen molar-refractivity contribution in [3.63, 3.8) is 0 Å². The van der Waals surface area contributed by atoms with E-state index in [4.69, 9.17) is 14.2 Å². The Morgan fingerprint density at radius 1 is 0.918 bits per heavy atom. The zero-order valence-electron chi connectivity index (χ0n) is 30.1. The van der Waals surface area contributed by atoms with Gasteiger partial charge in [0.1, 0.15) is 29.3 Å². The Labute approximate surface area is 288 Å². The van der Waals surface area contributed by atoms with E-state index in [-0.39, 0.29) is 42.7 Å². The molecule has 1 aromatic rings. The van der Waals surface area contributed by atoms with Crippen LogP contribution in [0.1, 0.15) is 72.9 Å². The number of nitrogens with one attached hydrogen (secondary N) is 3. The first-order valence-electron chi connectivity index (χ1n) is 16.9. The first-order valence-corrected chi connectivity index (χ1v) is 16.9. The summed E-state index contributed by atoms with van der Waals surface area (Å²) in [6.45, 7) is 14.3. The lowest BCUT2D eigenvalue weighted by Crippen LogP contribution is -2.60. The van der Waals surface area contributed by atoms with Crippen LogP contribution in [-0.2, 0) is 51.0 Å². The number of amides is 4. The maximum absolute atomic E-state index is 14.5. The predicted octanol–water partition coefficient (Wildman–Crippen LogP) is 2.33. The minimum Gasteiger partial charge on any atom is -0.460 e. The van der Waals surface area contributed by atoms with Gasteiger partial charge >= 0.3 is 12.1 Å². The smallest absolute Gasteiger partial charge is 0.408 e. The highest BCUT2D eigenvalue weighted by Gasteiger charge is 2.70. The van der Waals surface area contributed by atoms with Gasteiger partial charge in [0.05, 0.1) is 13.0 Å². The van der Waals surface area contributed by atoms with Crippen LogP contribution >= 0.6 is 0 Å². The quantitative estimate of drug-likeness (QED) is 0.221. The second-order valence-corrected chi connectivity index (χ2v) is 15.9. The molecule has 0 radical (unpaired) electrons. The van der Waals surface area contributed by atoms with Crippen LogP contribution in [0.3, 0.4) is 0 Å². The molecular weight excluding hydrogens is 632 g/mol. The van der Waals surface area contributed by atoms with E-state index in [9.17, 15) is 28.8 Å². The summed E-state index contributed by atoms with van der Waals surface area (Å²) >= 11 is 0. The molecule has 3 aliphatic rings. The zero-order chi connectivity index (χ0) is 36.5. The van der Waals surface area contributed by atoms with E-state index in [0.717, 1.165) is 11.1 Å². The van der Waals surface area contributed by atoms with Gasteiger partial charge in [0.25, 0.3) is 5.91 Å². The molecule has 0 aromatic heterocycles. The molecule has 0 bridgehead atoms. The molecule has 1 heterocycles. The molecule has 1 saturated carbocycles. The summed E-state index contributed by atoms with van der Waals surface area (Å²) in [7, 11) is 1.34. The lowest BCUT2D eigenvalue weighted by molar-refractivity contribution is -0.154. The maximum atomic E-state index is 14.5. The molecule has 4 amide bonds. The first-order chi connectivity index (χ1) is 22.7. The van der Waals surface area contributed by atoms with Crippen LogP contribution in [0.15, 0.2) is 24.3 Å². The number of rotatable bonds is 12. The second-order valence-electron chi connectivity index (χ2n) is 15.9. The Morgan fingerprint density at radius 2 is 1.51 bits per heavy atom. The fourth-order valence-electron chi connectivity index (χ4n) is 7.16. The molecule has 4 rings (SSSR count). The van der Waals surface area contributed by atoms with Crippen molar-refractivity contribution in [2.45, 2.75) is 104 Å². The van der Waals surface area contributed by atoms with Crippen molar-refractivity contribution in [3.05, 3.63) is 35.4 Å². The molecule has 0 spiro atoms. The highest BCUT2D eigenvalue weighted by atomic mass is 16.6. The van der Waals surface area contributed by atoms with Crippen molar-refractivity contribution in [1.29, 1.82) is 0 Å². The molecule has 13 heteroatoms. The van der Waals surface area contributed by atoms with Gasteiger partial charge in [0.15, 0.2) is 0 Å². The number of hydrogen-bond acceptors (Lipinski definition) is 9. The van der Waals surface area contributed by atoms with Crippen molar-refractivity contribution in [3.8, 4) is 0 Å². The number of fused-ring (bicyclic) bond motifs is 2. The summed E-state index contributed by atoms with van der Waals surface area (Å²) in [5, 5.41) is 7.91. The predicted molar refractivity (Wildman–Crippen MR) is 179 cm³/mol. The average molecular weight is 685 g/mol. The number of hydrogen-bond donors (Lipinski definition) is 3. The number of methoxy groups -OCH3 is 1. The summed E-state index contributed by atoms with van der Waals surface area (Å²) in [4.78, 5) is 81.1. The van der Waals surface area contributed by atoms with Crippen LogP contribution in [0.25, 0.3) is 0 Å². The van der Waals surface area contributed by atoms with Crippen molar-refractivity contribution in [1.82, 2.24) is 20.9 Å². The van der Waals surface area contributed by atoms with E-state index in [1.165, 1.54) is 12.0 Å². The van der Waals surface area contributed by atoms with Gasteiger partial charge in [-0.25, -0.2) is 4.79 Å². The molecule has 13 nitrogen and oxygen atoms in total. The van der Waals surface area contributed by atoms with Crippen molar-refractivity contribution in [2.75, 3.05) is 26.8 Å². The lowest BCUT2D eigenvalue weighted by atomic mass is 9.93. The zero-order valence-corrected chi connectivity index (χ0v) is 30.1. The van der Waals surface area contributed by atoms with E-state index in [1.54, 1.807) is 41.5 Å². The third-order valence-electron chi connectivity index (χ3n) is 9.48. The third-order valence-corrected chi connectivity index (χ3v) is 9.48. The minimum absolute atomic E-state index is 0.0304. The Balaban J connectivity index is 1.50. The van der Waals surface area contributed by atoms with Gasteiger partial charge in [0, 0.05) is 20.2 Å². The molecule has 1 aromatic carbocycles. The largest absolute Gasteiger partial charge is 0.460 e. The van der Waals surface area contributed by atoms with E-state index < -0.39 is 64.9 Å². The van der Waals surface area contributed by atoms with Crippen LogP contribution in [0.4, 0.5) is 4.79 Å². The molecule has 1 saturated heterocycles. The fourth-order valence-corrected chi connectivity index (χ4v) is 7.16. The Hall–Kier alpha value is -4.00. The highest BCUT2D eigenvalue weighted by molar-refractivity contribution is 6.38. The van der Waals surface area contributed by atoms with E-state index in [1.807, 2.05) is 38.1 Å². The molecule has 2 fully saturated rings. The lowest BCUT2D eigenvalue weighted by Gasteiger charge is -2.35. The Bertz CT molecular complexity index is 1440. The van der Waals surface area contributed by atoms with E-state index in [2.05, 4.69) is 16.0 Å². The summed E-state index contributed by atoms with van der Waals surface area (Å²) in [6.07, 6.45) is 0.271. The number of piperidine rings is 1. The number of ether oxygens (including phenoxy) is 3. The van der Waals surface area contributed by atoms with Gasteiger partial charge in [-0.05, 0) is 88.7 Å². The average Bonchev–Trinajstić information content (AvgIpc) is 3.33. The maximum Gasteiger partial charge on any atom is 0.408 e. The third kappa shape index (κ3) is 9.17. The molecule has 2 aliphatic carbocycles. The highest BCUT2D eigenvalue weighted by Crippen LogP contribution is 2.65. The van der Waals surface area contributed by atoms with Crippen LogP contribution < -0.4 is 16.0 Å². The summed E-state index contributed by atoms with van der Waals surface area (Å²) < 4.78 is 15.9. The van der Waals surface area contributed by atoms with Crippen molar-refractivity contribution < 1.29 is 43.0 Å². The molecule has 1 aliphatic heterocycles. The Kier molecular flexibility index (Phi) is 11.2. The molecule has 3 N–H and O–H groups in total. The van der Waals surface area contributed by atoms with Crippen LogP contribution in [0, 0.1) is 23.2 Å². The number of carbonyl (C=O) groups excluding carboxylic acids is 6. The summed E-state index contributed by atoms with van der Waals surface area (Å²) in [5.41, 5.74) is 0.477. The number of benzene rings is 1. The van der Waals surface area contributed by atoms with Gasteiger partial charge in [0.2, 0.25) is 17.6 Å². The van der Waals surface area contributed by atoms with Gasteiger partial charge in [-0.1, -0.05) is 38.1 Å². The van der Waals surface area contributed by atoms with Gasteiger partial charge in [-0.3, -0.25) is 24.0 Å². The molecule has 49 heavy (non-hydrogen) atoms. The minimum atomic E-state index is -1.34. The monoisotopic (exact) mass is 684 g/mol. The Morgan fingerprint density at radius 3 is 2.06 bits per heavy atom. The topological polar surface area (TPSA) is 169 Å². The van der Waals surface area contributed by atoms with Gasteiger partial charge in [-0.15, -0.1) is 0 Å². The number of nitrogens with zero attached hydrogens (tertiary/aromatic N) is 1.